The first-order chi connectivity index (χ1) is 11.9. The molecule has 0 saturated heterocycles. The van der Waals surface area contributed by atoms with Gasteiger partial charge < -0.3 is 4.74 Å². The van der Waals surface area contributed by atoms with Gasteiger partial charge in [0.15, 0.2) is 5.69 Å². The number of carbonyl (C=O) groups excluding carboxylic acids is 1. The SMILES string of the molecule is CCOC(=O)c1nn(-c2cccc(C(F)(F)F)c2)c(=O)cc1C(F)(F)F. The van der Waals surface area contributed by atoms with Gasteiger partial charge in [-0.3, -0.25) is 4.79 Å². The Labute approximate surface area is 141 Å². The van der Waals surface area contributed by atoms with Crippen LogP contribution in [0.1, 0.15) is 28.5 Å². The third-order valence-electron chi connectivity index (χ3n) is 3.12. The summed E-state index contributed by atoms with van der Waals surface area (Å²) in [6, 6.07) is 3.31. The fourth-order valence-corrected chi connectivity index (χ4v) is 2.02. The van der Waals surface area contributed by atoms with E-state index in [0.717, 1.165) is 12.1 Å². The Balaban J connectivity index is 2.70. The highest BCUT2D eigenvalue weighted by Crippen LogP contribution is 2.32. The number of aromatic nitrogens is 2. The van der Waals surface area contributed by atoms with Crippen LogP contribution in [0.25, 0.3) is 5.69 Å². The number of hydrogen-bond donors (Lipinski definition) is 0. The highest BCUT2D eigenvalue weighted by atomic mass is 19.4. The van der Waals surface area contributed by atoms with Gasteiger partial charge in [-0.1, -0.05) is 6.07 Å². The Hall–Kier alpha value is -2.85. The van der Waals surface area contributed by atoms with Crippen LogP contribution in [0.15, 0.2) is 35.1 Å². The van der Waals surface area contributed by atoms with E-state index in [4.69, 9.17) is 0 Å². The first-order valence-electron chi connectivity index (χ1n) is 7.01. The molecule has 1 aromatic heterocycles. The summed E-state index contributed by atoms with van der Waals surface area (Å²) in [5.41, 5.74) is -5.81. The minimum atomic E-state index is -5.08. The Morgan fingerprint density at radius 3 is 2.31 bits per heavy atom. The van der Waals surface area contributed by atoms with E-state index >= 15 is 0 Å². The molecule has 140 valence electrons. The number of esters is 1. The van der Waals surface area contributed by atoms with Crippen molar-refractivity contribution in [3.05, 3.63) is 57.5 Å². The zero-order valence-electron chi connectivity index (χ0n) is 13.0. The van der Waals surface area contributed by atoms with Crippen molar-refractivity contribution >= 4 is 5.97 Å². The molecule has 0 unspecified atom stereocenters. The molecule has 0 aliphatic heterocycles. The third kappa shape index (κ3) is 4.03. The number of carbonyl (C=O) groups is 1. The van der Waals surface area contributed by atoms with E-state index in [-0.39, 0.29) is 17.4 Å². The minimum Gasteiger partial charge on any atom is -0.461 e. The third-order valence-corrected chi connectivity index (χ3v) is 3.12. The van der Waals surface area contributed by atoms with Crippen molar-refractivity contribution in [2.75, 3.05) is 6.61 Å². The first kappa shape index (κ1) is 19.5. The lowest BCUT2D eigenvalue weighted by atomic mass is 10.2. The number of benzene rings is 1. The van der Waals surface area contributed by atoms with E-state index in [1.807, 2.05) is 0 Å². The van der Waals surface area contributed by atoms with E-state index < -0.39 is 46.4 Å². The molecule has 0 bridgehead atoms. The highest BCUT2D eigenvalue weighted by Gasteiger charge is 2.38. The molecule has 2 aromatic rings. The monoisotopic (exact) mass is 380 g/mol. The molecule has 2 rings (SSSR count). The molecule has 26 heavy (non-hydrogen) atoms. The van der Waals surface area contributed by atoms with Crippen LogP contribution in [0.2, 0.25) is 0 Å². The quantitative estimate of drug-likeness (QED) is 0.605. The fourth-order valence-electron chi connectivity index (χ4n) is 2.02. The summed E-state index contributed by atoms with van der Waals surface area (Å²) in [5.74, 6) is -1.46. The molecular weight excluding hydrogens is 370 g/mol. The van der Waals surface area contributed by atoms with E-state index in [9.17, 15) is 35.9 Å². The number of halogens is 6. The van der Waals surface area contributed by atoms with E-state index in [1.54, 1.807) is 0 Å². The molecule has 11 heteroatoms. The van der Waals surface area contributed by atoms with Crippen LogP contribution in [-0.2, 0) is 17.1 Å². The summed E-state index contributed by atoms with van der Waals surface area (Å²) < 4.78 is 82.2. The van der Waals surface area contributed by atoms with E-state index in [1.165, 1.54) is 6.92 Å². The van der Waals surface area contributed by atoms with Gasteiger partial charge in [0.25, 0.3) is 5.56 Å². The molecule has 0 atom stereocenters. The topological polar surface area (TPSA) is 61.2 Å². The van der Waals surface area contributed by atoms with Gasteiger partial charge in [-0.05, 0) is 25.1 Å². The molecule has 0 radical (unpaired) electrons. The van der Waals surface area contributed by atoms with Crippen molar-refractivity contribution < 1.29 is 35.9 Å². The van der Waals surface area contributed by atoms with Crippen molar-refractivity contribution in [2.24, 2.45) is 0 Å². The van der Waals surface area contributed by atoms with Crippen LogP contribution in [0.5, 0.6) is 0 Å². The van der Waals surface area contributed by atoms with Crippen LogP contribution >= 0.6 is 0 Å². The number of nitrogens with zero attached hydrogens (tertiary/aromatic N) is 2. The largest absolute Gasteiger partial charge is 0.461 e. The molecule has 0 saturated carbocycles. The van der Waals surface area contributed by atoms with Crippen molar-refractivity contribution in [1.29, 1.82) is 0 Å². The van der Waals surface area contributed by atoms with Crippen LogP contribution in [-0.4, -0.2) is 22.4 Å². The molecule has 0 N–H and O–H groups in total. The van der Waals surface area contributed by atoms with Crippen molar-refractivity contribution in [3.8, 4) is 5.69 Å². The maximum Gasteiger partial charge on any atom is 0.419 e. The molecule has 5 nitrogen and oxygen atoms in total. The molecule has 1 heterocycles. The highest BCUT2D eigenvalue weighted by molar-refractivity contribution is 5.89. The number of hydrogen-bond acceptors (Lipinski definition) is 4. The van der Waals surface area contributed by atoms with E-state index in [0.29, 0.717) is 12.1 Å². The van der Waals surface area contributed by atoms with Gasteiger partial charge in [0, 0.05) is 6.07 Å². The summed E-state index contributed by atoms with van der Waals surface area (Å²) in [5, 5.41) is 3.29. The summed E-state index contributed by atoms with van der Waals surface area (Å²) in [7, 11) is 0. The lowest BCUT2D eigenvalue weighted by Crippen LogP contribution is -2.29. The van der Waals surface area contributed by atoms with Gasteiger partial charge in [-0.25, -0.2) is 4.79 Å². The number of alkyl halides is 6. The van der Waals surface area contributed by atoms with Gasteiger partial charge in [0.2, 0.25) is 0 Å². The number of rotatable bonds is 3. The van der Waals surface area contributed by atoms with Crippen molar-refractivity contribution in [2.45, 2.75) is 19.3 Å². The smallest absolute Gasteiger partial charge is 0.419 e. The standard InChI is InChI=1S/C15H10F6N2O3/c1-2-26-13(25)12-10(15(19,20)21)7-11(24)23(22-12)9-5-3-4-8(6-9)14(16,17)18/h3-7H,2H2,1H3. The predicted molar refractivity (Wildman–Crippen MR) is 75.8 cm³/mol. The maximum atomic E-state index is 13.0. The summed E-state index contributed by atoms with van der Waals surface area (Å²) in [6.45, 7) is 1.08. The second-order valence-corrected chi connectivity index (χ2v) is 4.92. The average molecular weight is 380 g/mol. The van der Waals surface area contributed by atoms with E-state index in [2.05, 4.69) is 9.84 Å². The Bertz CT molecular complexity index is 886. The van der Waals surface area contributed by atoms with Crippen LogP contribution in [0.3, 0.4) is 0 Å². The first-order valence-corrected chi connectivity index (χ1v) is 7.01. The van der Waals surface area contributed by atoms with Gasteiger partial charge in [0.05, 0.1) is 23.4 Å². The lowest BCUT2D eigenvalue weighted by molar-refractivity contribution is -0.139. The molecule has 0 spiro atoms. The van der Waals surface area contributed by atoms with Gasteiger partial charge in [-0.15, -0.1) is 0 Å². The Morgan fingerprint density at radius 1 is 1.12 bits per heavy atom. The zero-order valence-corrected chi connectivity index (χ0v) is 13.0. The van der Waals surface area contributed by atoms with Gasteiger partial charge in [-0.2, -0.15) is 36.1 Å². The molecule has 0 aliphatic rings. The molecule has 1 aromatic carbocycles. The van der Waals surface area contributed by atoms with Crippen LogP contribution < -0.4 is 5.56 Å². The Kier molecular flexibility index (Phi) is 5.10. The number of ether oxygens (including phenoxy) is 1. The molecule has 0 amide bonds. The minimum absolute atomic E-state index is 0.0829. The second-order valence-electron chi connectivity index (χ2n) is 4.92. The maximum absolute atomic E-state index is 13.0. The van der Waals surface area contributed by atoms with Crippen molar-refractivity contribution in [3.63, 3.8) is 0 Å². The van der Waals surface area contributed by atoms with Gasteiger partial charge in [0.1, 0.15) is 0 Å². The summed E-state index contributed by atoms with van der Waals surface area (Å²) >= 11 is 0. The molecule has 0 aliphatic carbocycles. The molecule has 0 fully saturated rings. The Morgan fingerprint density at radius 2 is 1.77 bits per heavy atom. The van der Waals surface area contributed by atoms with Crippen LogP contribution in [0.4, 0.5) is 26.3 Å². The molecular formula is C15H10F6N2O3. The summed E-state index contributed by atoms with van der Waals surface area (Å²) in [6.07, 6.45) is -9.82. The second kappa shape index (κ2) is 6.81. The fraction of sp³-hybridized carbons (Fsp3) is 0.267. The normalized spacial score (nSPS) is 12.1. The van der Waals surface area contributed by atoms with Crippen LogP contribution in [0, 0.1) is 0 Å². The zero-order chi connectivity index (χ0) is 19.7. The lowest BCUT2D eigenvalue weighted by Gasteiger charge is -2.14. The van der Waals surface area contributed by atoms with Gasteiger partial charge >= 0.3 is 18.3 Å². The summed E-state index contributed by atoms with van der Waals surface area (Å²) in [4.78, 5) is 23.7. The van der Waals surface area contributed by atoms with Crippen molar-refractivity contribution in [1.82, 2.24) is 9.78 Å². The predicted octanol–water partition coefficient (Wildman–Crippen LogP) is 3.45. The average Bonchev–Trinajstić information content (AvgIpc) is 2.53.